The summed E-state index contributed by atoms with van der Waals surface area (Å²) in [5.41, 5.74) is 2.22. The summed E-state index contributed by atoms with van der Waals surface area (Å²) < 4.78 is 39.0. The van der Waals surface area contributed by atoms with Crippen LogP contribution < -0.4 is 5.32 Å². The molecule has 1 N–H and O–H groups in total. The van der Waals surface area contributed by atoms with E-state index in [1.54, 1.807) is 11.7 Å². The van der Waals surface area contributed by atoms with Gasteiger partial charge in [-0.2, -0.15) is 18.3 Å². The predicted octanol–water partition coefficient (Wildman–Crippen LogP) is 2.06. The number of carbonyl (C=O) groups is 1. The fraction of sp³-hybridized carbons (Fsp3) is 0.750. The summed E-state index contributed by atoms with van der Waals surface area (Å²) in [6.45, 7) is 0.475. The van der Waals surface area contributed by atoms with Gasteiger partial charge < -0.3 is 10.2 Å². The first-order valence-electron chi connectivity index (χ1n) is 8.49. The highest BCUT2D eigenvalue weighted by atomic mass is 19.4. The largest absolute Gasteiger partial charge is 0.401 e. The standard InChI is InChI=1S/C16H23F3N4O/c1-22-13-6-5-11(20-10-16(17,18)19)9-12(13)14(21-22)15(24)23-7-3-2-4-8-23/h11,20H,2-10H2,1H3. The van der Waals surface area contributed by atoms with Crippen LogP contribution in [0, 0.1) is 0 Å². The highest BCUT2D eigenvalue weighted by Gasteiger charge is 2.33. The summed E-state index contributed by atoms with van der Waals surface area (Å²) in [5, 5.41) is 6.96. The number of carbonyl (C=O) groups excluding carboxylic acids is 1. The van der Waals surface area contributed by atoms with Crippen LogP contribution in [0.25, 0.3) is 0 Å². The van der Waals surface area contributed by atoms with Gasteiger partial charge in [-0.15, -0.1) is 0 Å². The lowest BCUT2D eigenvalue weighted by Crippen LogP contribution is -2.41. The molecule has 1 aliphatic carbocycles. The molecule has 24 heavy (non-hydrogen) atoms. The Kier molecular flexibility index (Phi) is 4.85. The summed E-state index contributed by atoms with van der Waals surface area (Å²) in [7, 11) is 1.80. The number of rotatable bonds is 3. The van der Waals surface area contributed by atoms with E-state index in [0.717, 1.165) is 43.6 Å². The Morgan fingerprint density at radius 3 is 2.67 bits per heavy atom. The smallest absolute Gasteiger partial charge is 0.337 e. The van der Waals surface area contributed by atoms with E-state index in [0.29, 0.717) is 25.0 Å². The van der Waals surface area contributed by atoms with Gasteiger partial charge in [0.2, 0.25) is 0 Å². The van der Waals surface area contributed by atoms with Crippen LogP contribution in [-0.2, 0) is 19.9 Å². The second kappa shape index (κ2) is 6.74. The maximum atomic E-state index is 12.8. The van der Waals surface area contributed by atoms with Crippen LogP contribution in [0.15, 0.2) is 0 Å². The number of nitrogens with one attached hydrogen (secondary N) is 1. The molecule has 1 unspecified atom stereocenters. The van der Waals surface area contributed by atoms with Gasteiger partial charge in [0.05, 0.1) is 6.54 Å². The molecule has 1 amide bonds. The SMILES string of the molecule is Cn1nc(C(=O)N2CCCCC2)c2c1CCC(NCC(F)(F)F)C2. The van der Waals surface area contributed by atoms with Crippen molar-refractivity contribution in [1.29, 1.82) is 0 Å². The Balaban J connectivity index is 1.75. The Morgan fingerprint density at radius 1 is 1.29 bits per heavy atom. The molecule has 0 radical (unpaired) electrons. The van der Waals surface area contributed by atoms with Crippen molar-refractivity contribution in [3.8, 4) is 0 Å². The van der Waals surface area contributed by atoms with Crippen molar-refractivity contribution in [2.24, 2.45) is 7.05 Å². The maximum Gasteiger partial charge on any atom is 0.401 e. The van der Waals surface area contributed by atoms with Gasteiger partial charge in [0, 0.05) is 37.4 Å². The van der Waals surface area contributed by atoms with Crippen molar-refractivity contribution in [3.05, 3.63) is 17.0 Å². The highest BCUT2D eigenvalue weighted by Crippen LogP contribution is 2.26. The normalized spacial score (nSPS) is 21.7. The molecule has 134 valence electrons. The monoisotopic (exact) mass is 344 g/mol. The van der Waals surface area contributed by atoms with Crippen LogP contribution in [0.5, 0.6) is 0 Å². The third-order valence-electron chi connectivity index (χ3n) is 4.89. The van der Waals surface area contributed by atoms with Crippen molar-refractivity contribution in [2.75, 3.05) is 19.6 Å². The number of nitrogens with zero attached hydrogens (tertiary/aromatic N) is 3. The lowest BCUT2D eigenvalue weighted by molar-refractivity contribution is -0.126. The molecule has 3 rings (SSSR count). The van der Waals surface area contributed by atoms with Crippen molar-refractivity contribution in [3.63, 3.8) is 0 Å². The lowest BCUT2D eigenvalue weighted by Gasteiger charge is -2.28. The van der Waals surface area contributed by atoms with Gasteiger partial charge in [0.1, 0.15) is 0 Å². The van der Waals surface area contributed by atoms with Gasteiger partial charge in [0.15, 0.2) is 5.69 Å². The summed E-state index contributed by atoms with van der Waals surface area (Å²) >= 11 is 0. The van der Waals surface area contributed by atoms with Crippen LogP contribution >= 0.6 is 0 Å². The molecular formula is C16H23F3N4O. The van der Waals surface area contributed by atoms with Crippen molar-refractivity contribution in [1.82, 2.24) is 20.0 Å². The van der Waals surface area contributed by atoms with Crippen LogP contribution in [0.2, 0.25) is 0 Å². The molecule has 0 aromatic carbocycles. The summed E-state index contributed by atoms with van der Waals surface area (Å²) in [6, 6.07) is -0.267. The molecule has 1 aromatic rings. The van der Waals surface area contributed by atoms with E-state index >= 15 is 0 Å². The molecule has 0 bridgehead atoms. The van der Waals surface area contributed by atoms with Gasteiger partial charge in [-0.3, -0.25) is 9.48 Å². The average molecular weight is 344 g/mol. The van der Waals surface area contributed by atoms with Gasteiger partial charge in [-0.25, -0.2) is 0 Å². The van der Waals surface area contributed by atoms with Crippen molar-refractivity contribution < 1.29 is 18.0 Å². The van der Waals surface area contributed by atoms with Gasteiger partial charge >= 0.3 is 6.18 Å². The van der Waals surface area contributed by atoms with Crippen LogP contribution in [0.3, 0.4) is 0 Å². The van der Waals surface area contributed by atoms with Gasteiger partial charge in [-0.05, 0) is 38.5 Å². The first-order valence-corrected chi connectivity index (χ1v) is 8.49. The molecule has 2 heterocycles. The number of halogens is 3. The van der Waals surface area contributed by atoms with Crippen molar-refractivity contribution >= 4 is 5.91 Å². The summed E-state index contributed by atoms with van der Waals surface area (Å²) in [6.07, 6.45) is 0.595. The zero-order valence-electron chi connectivity index (χ0n) is 13.8. The fourth-order valence-electron chi connectivity index (χ4n) is 3.64. The van der Waals surface area contributed by atoms with E-state index in [2.05, 4.69) is 10.4 Å². The Bertz CT molecular complexity index is 605. The molecule has 1 fully saturated rings. The second-order valence-corrected chi connectivity index (χ2v) is 6.69. The number of hydrogen-bond donors (Lipinski definition) is 1. The molecule has 8 heteroatoms. The second-order valence-electron chi connectivity index (χ2n) is 6.69. The topological polar surface area (TPSA) is 50.2 Å². The number of hydrogen-bond acceptors (Lipinski definition) is 3. The van der Waals surface area contributed by atoms with Crippen molar-refractivity contribution in [2.45, 2.75) is 50.7 Å². The Morgan fingerprint density at radius 2 is 2.00 bits per heavy atom. The molecule has 1 atom stereocenters. The molecule has 2 aliphatic rings. The number of alkyl halides is 3. The van der Waals surface area contributed by atoms with E-state index < -0.39 is 12.7 Å². The number of piperidine rings is 1. The van der Waals surface area contributed by atoms with E-state index in [1.807, 2.05) is 4.90 Å². The first-order chi connectivity index (χ1) is 11.3. The van der Waals surface area contributed by atoms with E-state index in [1.165, 1.54) is 0 Å². The first kappa shape index (κ1) is 17.3. The number of amides is 1. The van der Waals surface area contributed by atoms with Gasteiger partial charge in [0.25, 0.3) is 5.91 Å². The van der Waals surface area contributed by atoms with Gasteiger partial charge in [-0.1, -0.05) is 0 Å². The van der Waals surface area contributed by atoms with E-state index in [4.69, 9.17) is 0 Å². The minimum Gasteiger partial charge on any atom is -0.337 e. The minimum atomic E-state index is -4.22. The maximum absolute atomic E-state index is 12.8. The zero-order valence-corrected chi connectivity index (χ0v) is 13.8. The molecule has 1 saturated heterocycles. The highest BCUT2D eigenvalue weighted by molar-refractivity contribution is 5.94. The Labute approximate surface area is 139 Å². The molecule has 5 nitrogen and oxygen atoms in total. The van der Waals surface area contributed by atoms with Crippen LogP contribution in [0.1, 0.15) is 47.4 Å². The summed E-state index contributed by atoms with van der Waals surface area (Å²) in [4.78, 5) is 14.6. The molecular weight excluding hydrogens is 321 g/mol. The number of likely N-dealkylation sites (tertiary alicyclic amines) is 1. The Hall–Kier alpha value is -1.57. The molecule has 1 aliphatic heterocycles. The van der Waals surface area contributed by atoms with E-state index in [9.17, 15) is 18.0 Å². The third kappa shape index (κ3) is 3.74. The zero-order chi connectivity index (χ0) is 17.3. The minimum absolute atomic E-state index is 0.0805. The van der Waals surface area contributed by atoms with E-state index in [-0.39, 0.29) is 11.9 Å². The number of fused-ring (bicyclic) bond motifs is 1. The molecule has 0 spiro atoms. The number of aromatic nitrogens is 2. The molecule has 0 saturated carbocycles. The van der Waals surface area contributed by atoms with Crippen LogP contribution in [0.4, 0.5) is 13.2 Å². The molecule has 1 aromatic heterocycles. The predicted molar refractivity (Wildman–Crippen MR) is 82.8 cm³/mol. The quantitative estimate of drug-likeness (QED) is 0.913. The lowest BCUT2D eigenvalue weighted by atomic mass is 9.91. The third-order valence-corrected chi connectivity index (χ3v) is 4.89. The fourth-order valence-corrected chi connectivity index (χ4v) is 3.64. The summed E-state index contributed by atoms with van der Waals surface area (Å²) in [5.74, 6) is -0.0805. The average Bonchev–Trinajstić information content (AvgIpc) is 2.89. The van der Waals surface area contributed by atoms with Crippen LogP contribution in [-0.4, -0.2) is 52.4 Å². The number of aryl methyl sites for hydroxylation is 1.